The van der Waals surface area contributed by atoms with Crippen molar-refractivity contribution >= 4 is 16.0 Å². The molecule has 0 aliphatic carbocycles. The number of furan rings is 1. The number of aliphatic hydroxyl groups is 1. The lowest BCUT2D eigenvalue weighted by Crippen LogP contribution is -2.33. The van der Waals surface area contributed by atoms with Crippen LogP contribution in [-0.2, 0) is 10.0 Å². The molecule has 0 radical (unpaired) electrons. The normalized spacial score (nSPS) is 24.7. The quantitative estimate of drug-likeness (QED) is 0.867. The van der Waals surface area contributed by atoms with Crippen molar-refractivity contribution < 1.29 is 27.8 Å². The van der Waals surface area contributed by atoms with Gasteiger partial charge in [-0.2, -0.15) is 4.31 Å². The molecule has 1 aliphatic heterocycles. The van der Waals surface area contributed by atoms with Gasteiger partial charge in [0.1, 0.15) is 10.7 Å². The van der Waals surface area contributed by atoms with Gasteiger partial charge in [0, 0.05) is 19.2 Å². The van der Waals surface area contributed by atoms with Gasteiger partial charge in [0.15, 0.2) is 0 Å². The van der Waals surface area contributed by atoms with Gasteiger partial charge in [0.2, 0.25) is 15.8 Å². The highest BCUT2D eigenvalue weighted by Gasteiger charge is 2.34. The van der Waals surface area contributed by atoms with E-state index in [4.69, 9.17) is 9.52 Å². The minimum Gasteiger partial charge on any atom is -0.475 e. The molecule has 7 nitrogen and oxygen atoms in total. The average Bonchev–Trinajstić information content (AvgIpc) is 2.66. The summed E-state index contributed by atoms with van der Waals surface area (Å²) in [5.74, 6) is -1.64. The minimum absolute atomic E-state index is 0.0587. The average molecular weight is 317 g/mol. The van der Waals surface area contributed by atoms with Crippen LogP contribution in [0.3, 0.4) is 0 Å². The number of carbonyl (C=O) groups is 1. The molecule has 0 amide bonds. The molecule has 0 bridgehead atoms. The Bertz CT molecular complexity index is 646. The van der Waals surface area contributed by atoms with Gasteiger partial charge in [-0.25, -0.2) is 13.2 Å². The maximum absolute atomic E-state index is 12.6. The van der Waals surface area contributed by atoms with Gasteiger partial charge < -0.3 is 14.6 Å². The topological polar surface area (TPSA) is 108 Å². The SMILES string of the molecule is Cc1oc(C(=O)O)cc1S(=O)(=O)N1CCCC(C)(O)CC1. The van der Waals surface area contributed by atoms with Gasteiger partial charge in [-0.05, 0) is 33.1 Å². The Kier molecular flexibility index (Phi) is 4.14. The van der Waals surface area contributed by atoms with E-state index < -0.39 is 27.4 Å². The van der Waals surface area contributed by atoms with Crippen molar-refractivity contribution in [3.8, 4) is 0 Å². The summed E-state index contributed by atoms with van der Waals surface area (Å²) in [4.78, 5) is 10.8. The molecule has 0 spiro atoms. The fourth-order valence-corrected chi connectivity index (χ4v) is 4.09. The third kappa shape index (κ3) is 3.28. The first-order valence-corrected chi connectivity index (χ1v) is 8.14. The number of carboxylic acid groups (broad SMARTS) is 1. The Labute approximate surface area is 123 Å². The van der Waals surface area contributed by atoms with Crippen LogP contribution in [0.15, 0.2) is 15.4 Å². The molecule has 2 N–H and O–H groups in total. The zero-order valence-electron chi connectivity index (χ0n) is 12.0. The van der Waals surface area contributed by atoms with E-state index >= 15 is 0 Å². The van der Waals surface area contributed by atoms with E-state index in [1.54, 1.807) is 6.92 Å². The molecule has 1 unspecified atom stereocenters. The summed E-state index contributed by atoms with van der Waals surface area (Å²) < 4.78 is 31.4. The molecule has 118 valence electrons. The van der Waals surface area contributed by atoms with E-state index in [0.717, 1.165) is 6.07 Å². The summed E-state index contributed by atoms with van der Waals surface area (Å²) in [6.07, 6.45) is 1.42. The Morgan fingerprint density at radius 3 is 2.62 bits per heavy atom. The molecule has 2 heterocycles. The summed E-state index contributed by atoms with van der Waals surface area (Å²) in [6, 6.07) is 1.04. The first-order valence-electron chi connectivity index (χ1n) is 6.70. The van der Waals surface area contributed by atoms with E-state index in [1.165, 1.54) is 11.2 Å². The lowest BCUT2D eigenvalue weighted by molar-refractivity contribution is 0.0465. The van der Waals surface area contributed by atoms with Crippen molar-refractivity contribution in [2.45, 2.75) is 43.6 Å². The maximum atomic E-state index is 12.6. The summed E-state index contributed by atoms with van der Waals surface area (Å²) in [5.41, 5.74) is -0.873. The molecule has 2 rings (SSSR count). The first kappa shape index (κ1) is 16.0. The van der Waals surface area contributed by atoms with Crippen molar-refractivity contribution in [2.24, 2.45) is 0 Å². The van der Waals surface area contributed by atoms with Crippen LogP contribution in [0, 0.1) is 6.92 Å². The predicted octanol–water partition coefficient (Wildman–Crippen LogP) is 1.21. The van der Waals surface area contributed by atoms with Crippen molar-refractivity contribution in [1.29, 1.82) is 0 Å². The molecule has 21 heavy (non-hydrogen) atoms. The molecule has 0 aromatic carbocycles. The third-order valence-corrected chi connectivity index (χ3v) is 5.73. The van der Waals surface area contributed by atoms with Crippen LogP contribution < -0.4 is 0 Å². The number of nitrogens with zero attached hydrogens (tertiary/aromatic N) is 1. The zero-order chi connectivity index (χ0) is 15.8. The molecule has 1 aromatic heterocycles. The number of rotatable bonds is 3. The first-order chi connectivity index (χ1) is 9.63. The zero-order valence-corrected chi connectivity index (χ0v) is 12.8. The number of aryl methyl sites for hydroxylation is 1. The molecule has 1 saturated heterocycles. The Morgan fingerprint density at radius 1 is 1.38 bits per heavy atom. The highest BCUT2D eigenvalue weighted by molar-refractivity contribution is 7.89. The summed E-state index contributed by atoms with van der Waals surface area (Å²) in [5, 5.41) is 18.9. The molecule has 1 fully saturated rings. The van der Waals surface area contributed by atoms with Crippen LogP contribution in [0.1, 0.15) is 42.5 Å². The number of hydrogen-bond acceptors (Lipinski definition) is 5. The Morgan fingerprint density at radius 2 is 2.05 bits per heavy atom. The van der Waals surface area contributed by atoms with Crippen LogP contribution in [0.2, 0.25) is 0 Å². The summed E-state index contributed by atoms with van der Waals surface area (Å²) in [6.45, 7) is 3.61. The lowest BCUT2D eigenvalue weighted by atomic mass is 9.98. The van der Waals surface area contributed by atoms with Gasteiger partial charge in [-0.3, -0.25) is 0 Å². The van der Waals surface area contributed by atoms with E-state index in [1.807, 2.05) is 0 Å². The third-order valence-electron chi connectivity index (χ3n) is 3.72. The fraction of sp³-hybridized carbons (Fsp3) is 0.615. The summed E-state index contributed by atoms with van der Waals surface area (Å²) in [7, 11) is -3.81. The second-order valence-electron chi connectivity index (χ2n) is 5.59. The van der Waals surface area contributed by atoms with Crippen molar-refractivity contribution in [3.05, 3.63) is 17.6 Å². The Hall–Kier alpha value is -1.38. The van der Waals surface area contributed by atoms with Gasteiger partial charge in [0.05, 0.1) is 5.60 Å². The standard InChI is InChI=1S/C13H19NO6S/c1-9-11(8-10(20-9)12(15)16)21(18,19)14-6-3-4-13(2,17)5-7-14/h8,17H,3-7H2,1-2H3,(H,15,16). The van der Waals surface area contributed by atoms with Gasteiger partial charge in [-0.1, -0.05) is 0 Å². The van der Waals surface area contributed by atoms with Crippen LogP contribution in [0.25, 0.3) is 0 Å². The van der Waals surface area contributed by atoms with Gasteiger partial charge in [-0.15, -0.1) is 0 Å². The molecule has 0 saturated carbocycles. The van der Waals surface area contributed by atoms with Crippen molar-refractivity contribution in [1.82, 2.24) is 4.31 Å². The molecule has 8 heteroatoms. The molecule has 1 aliphatic rings. The number of carboxylic acids is 1. The number of aromatic carboxylic acids is 1. The molecule has 1 aromatic rings. The van der Waals surface area contributed by atoms with Gasteiger partial charge >= 0.3 is 5.97 Å². The highest BCUT2D eigenvalue weighted by Crippen LogP contribution is 2.28. The number of sulfonamides is 1. The summed E-state index contributed by atoms with van der Waals surface area (Å²) >= 11 is 0. The van der Waals surface area contributed by atoms with Gasteiger partial charge in [0.25, 0.3) is 0 Å². The largest absolute Gasteiger partial charge is 0.475 e. The van der Waals surface area contributed by atoms with Crippen molar-refractivity contribution in [2.75, 3.05) is 13.1 Å². The Balaban J connectivity index is 2.31. The molecular formula is C13H19NO6S. The van der Waals surface area contributed by atoms with E-state index in [-0.39, 0.29) is 17.2 Å². The fourth-order valence-electron chi connectivity index (χ4n) is 2.44. The van der Waals surface area contributed by atoms with Crippen LogP contribution in [-0.4, -0.2) is 47.6 Å². The predicted molar refractivity (Wildman–Crippen MR) is 73.6 cm³/mol. The van der Waals surface area contributed by atoms with Crippen LogP contribution >= 0.6 is 0 Å². The lowest BCUT2D eigenvalue weighted by Gasteiger charge is -2.22. The minimum atomic E-state index is -3.81. The second-order valence-corrected chi connectivity index (χ2v) is 7.50. The molecule has 1 atom stereocenters. The van der Waals surface area contributed by atoms with Crippen LogP contribution in [0.4, 0.5) is 0 Å². The smallest absolute Gasteiger partial charge is 0.371 e. The van der Waals surface area contributed by atoms with E-state index in [0.29, 0.717) is 25.8 Å². The highest BCUT2D eigenvalue weighted by atomic mass is 32.2. The number of hydrogen-bond donors (Lipinski definition) is 2. The van der Waals surface area contributed by atoms with Crippen LogP contribution in [0.5, 0.6) is 0 Å². The second kappa shape index (κ2) is 5.43. The monoisotopic (exact) mass is 317 g/mol. The maximum Gasteiger partial charge on any atom is 0.371 e. The van der Waals surface area contributed by atoms with E-state index in [9.17, 15) is 18.3 Å². The van der Waals surface area contributed by atoms with Crippen molar-refractivity contribution in [3.63, 3.8) is 0 Å². The van der Waals surface area contributed by atoms with E-state index in [2.05, 4.69) is 0 Å². The molecular weight excluding hydrogens is 298 g/mol.